The quantitative estimate of drug-likeness (QED) is 0.447. The van der Waals surface area contributed by atoms with E-state index in [9.17, 15) is 24.6 Å². The molecule has 0 aliphatic carbocycles. The molecule has 7 nitrogen and oxygen atoms in total. The van der Waals surface area contributed by atoms with Crippen molar-refractivity contribution < 1.29 is 29.3 Å². The van der Waals surface area contributed by atoms with Gasteiger partial charge in [0.15, 0.2) is 11.5 Å². The first-order valence-electron chi connectivity index (χ1n) is 7.30. The average Bonchev–Trinajstić information content (AvgIpc) is 2.47. The number of ether oxygens (including phenoxy) is 1. The molecule has 0 fully saturated rings. The smallest absolute Gasteiger partial charge is 0.339 e. The van der Waals surface area contributed by atoms with Gasteiger partial charge in [-0.05, 0) is 32.9 Å². The first kappa shape index (κ1) is 18.6. The summed E-state index contributed by atoms with van der Waals surface area (Å²) in [6.45, 7) is 7.25. The second-order valence-corrected chi connectivity index (χ2v) is 4.95. The molecule has 0 radical (unpaired) electrons. The average molecular weight is 323 g/mol. The van der Waals surface area contributed by atoms with Crippen LogP contribution in [0.1, 0.15) is 48.4 Å². The monoisotopic (exact) mass is 323 g/mol. The van der Waals surface area contributed by atoms with Gasteiger partial charge in [-0.15, -0.1) is 0 Å². The van der Waals surface area contributed by atoms with E-state index in [4.69, 9.17) is 4.74 Å². The Morgan fingerprint density at radius 2 is 1.78 bits per heavy atom. The van der Waals surface area contributed by atoms with Crippen molar-refractivity contribution in [1.82, 2.24) is 0 Å². The Hall–Kier alpha value is -2.41. The molecule has 0 bridgehead atoms. The highest BCUT2D eigenvalue weighted by molar-refractivity contribution is 6.10. The number of aliphatic hydroxyl groups is 1. The van der Waals surface area contributed by atoms with Gasteiger partial charge >= 0.3 is 11.9 Å². The molecule has 0 aromatic heterocycles. The molecule has 126 valence electrons. The fourth-order valence-electron chi connectivity index (χ4n) is 2.27. The van der Waals surface area contributed by atoms with Crippen LogP contribution in [0.5, 0.6) is 5.75 Å². The lowest BCUT2D eigenvalue weighted by Gasteiger charge is -2.26. The van der Waals surface area contributed by atoms with Gasteiger partial charge in [-0.3, -0.25) is 9.59 Å². The number of ketones is 1. The van der Waals surface area contributed by atoms with Crippen molar-refractivity contribution in [2.45, 2.75) is 33.8 Å². The minimum atomic E-state index is -1.36. The molecule has 1 aromatic carbocycles. The third-order valence-electron chi connectivity index (χ3n) is 3.34. The molecule has 0 aliphatic heterocycles. The van der Waals surface area contributed by atoms with Crippen molar-refractivity contribution in [2.75, 3.05) is 18.0 Å². The lowest BCUT2D eigenvalue weighted by atomic mass is 9.99. The summed E-state index contributed by atoms with van der Waals surface area (Å²) in [7, 11) is 0. The second-order valence-electron chi connectivity index (χ2n) is 4.95. The summed E-state index contributed by atoms with van der Waals surface area (Å²) in [5.41, 5.74) is 0.0149. The number of carbonyl (C=O) groups excluding carboxylic acids is 2. The molecule has 1 rings (SSSR count). The SMILES string of the molecule is CCN(CC)c1ccc(C(=O)O)c(OC(C)=O)c1C(=O)C(C)O. The predicted molar refractivity (Wildman–Crippen MR) is 84.3 cm³/mol. The van der Waals surface area contributed by atoms with Crippen LogP contribution in [0.15, 0.2) is 12.1 Å². The standard InChI is InChI=1S/C16H21NO6/c1-5-17(6-2)12-8-7-11(16(21)22)15(23-10(4)19)13(12)14(20)9(3)18/h7-9,18H,5-6H2,1-4H3,(H,21,22). The Balaban J connectivity index is 3.76. The number of anilines is 1. The maximum absolute atomic E-state index is 12.4. The molecule has 7 heteroatoms. The van der Waals surface area contributed by atoms with Crippen molar-refractivity contribution in [3.8, 4) is 5.75 Å². The molecule has 0 saturated heterocycles. The maximum Gasteiger partial charge on any atom is 0.339 e. The third-order valence-corrected chi connectivity index (χ3v) is 3.34. The van der Waals surface area contributed by atoms with Crippen LogP contribution in [-0.4, -0.2) is 47.1 Å². The Morgan fingerprint density at radius 1 is 1.22 bits per heavy atom. The normalized spacial score (nSPS) is 11.7. The number of aromatic carboxylic acids is 1. The van der Waals surface area contributed by atoms with E-state index in [1.807, 2.05) is 18.7 Å². The van der Waals surface area contributed by atoms with Crippen molar-refractivity contribution >= 4 is 23.4 Å². The lowest BCUT2D eigenvalue weighted by molar-refractivity contribution is -0.131. The number of carbonyl (C=O) groups is 3. The number of hydrogen-bond donors (Lipinski definition) is 2. The fourth-order valence-corrected chi connectivity index (χ4v) is 2.27. The summed E-state index contributed by atoms with van der Waals surface area (Å²) < 4.78 is 5.01. The van der Waals surface area contributed by atoms with Crippen molar-refractivity contribution in [3.05, 3.63) is 23.3 Å². The highest BCUT2D eigenvalue weighted by Gasteiger charge is 2.29. The first-order valence-corrected chi connectivity index (χ1v) is 7.30. The minimum Gasteiger partial charge on any atom is -0.478 e. The Kier molecular flexibility index (Phi) is 6.27. The fraction of sp³-hybridized carbons (Fsp3) is 0.438. The molecule has 0 amide bonds. The van der Waals surface area contributed by atoms with Crippen LogP contribution < -0.4 is 9.64 Å². The molecule has 1 aromatic rings. The summed E-state index contributed by atoms with van der Waals surface area (Å²) in [5.74, 6) is -3.11. The van der Waals surface area contributed by atoms with E-state index in [0.29, 0.717) is 18.8 Å². The molecular weight excluding hydrogens is 302 g/mol. The first-order chi connectivity index (χ1) is 10.7. The van der Waals surface area contributed by atoms with Gasteiger partial charge < -0.3 is 19.8 Å². The lowest BCUT2D eigenvalue weighted by Crippen LogP contribution is -2.28. The number of hydrogen-bond acceptors (Lipinski definition) is 6. The molecule has 0 saturated carbocycles. The maximum atomic E-state index is 12.4. The molecule has 0 spiro atoms. The van der Waals surface area contributed by atoms with Gasteiger partial charge in [0.25, 0.3) is 0 Å². The molecule has 23 heavy (non-hydrogen) atoms. The van der Waals surface area contributed by atoms with Gasteiger partial charge in [0, 0.05) is 20.0 Å². The zero-order chi connectivity index (χ0) is 17.7. The van der Waals surface area contributed by atoms with E-state index >= 15 is 0 Å². The van der Waals surface area contributed by atoms with Gasteiger partial charge in [-0.25, -0.2) is 4.79 Å². The van der Waals surface area contributed by atoms with E-state index in [0.717, 1.165) is 6.92 Å². The highest BCUT2D eigenvalue weighted by Crippen LogP contribution is 2.34. The van der Waals surface area contributed by atoms with E-state index in [2.05, 4.69) is 0 Å². The highest BCUT2D eigenvalue weighted by atomic mass is 16.5. The molecule has 0 heterocycles. The zero-order valence-electron chi connectivity index (χ0n) is 13.6. The predicted octanol–water partition coefficient (Wildman–Crippen LogP) is 1.72. The Bertz CT molecular complexity index is 619. The topological polar surface area (TPSA) is 104 Å². The van der Waals surface area contributed by atoms with E-state index in [-0.39, 0.29) is 16.9 Å². The zero-order valence-corrected chi connectivity index (χ0v) is 13.6. The molecule has 1 unspecified atom stereocenters. The largest absolute Gasteiger partial charge is 0.478 e. The Labute approximate surface area is 134 Å². The minimum absolute atomic E-state index is 0.0983. The van der Waals surface area contributed by atoms with Gasteiger partial charge in [0.2, 0.25) is 0 Å². The van der Waals surface area contributed by atoms with Gasteiger partial charge in [-0.1, -0.05) is 0 Å². The van der Waals surface area contributed by atoms with Crippen molar-refractivity contribution in [3.63, 3.8) is 0 Å². The molecule has 1 atom stereocenters. The van der Waals surface area contributed by atoms with Crippen LogP contribution in [0.4, 0.5) is 5.69 Å². The number of Topliss-reactive ketones (excluding diaryl/α,β-unsaturated/α-hetero) is 1. The number of benzene rings is 1. The van der Waals surface area contributed by atoms with Gasteiger partial charge in [-0.2, -0.15) is 0 Å². The van der Waals surface area contributed by atoms with Gasteiger partial charge in [0.05, 0.1) is 11.3 Å². The summed E-state index contributed by atoms with van der Waals surface area (Å²) in [6, 6.07) is 2.77. The molecule has 0 aliphatic rings. The van der Waals surface area contributed by atoms with Crippen LogP contribution in [0, 0.1) is 0 Å². The van der Waals surface area contributed by atoms with Crippen LogP contribution in [0.2, 0.25) is 0 Å². The second kappa shape index (κ2) is 7.73. The summed E-state index contributed by atoms with van der Waals surface area (Å²) >= 11 is 0. The number of carboxylic acid groups (broad SMARTS) is 1. The van der Waals surface area contributed by atoms with Crippen LogP contribution in [0.3, 0.4) is 0 Å². The number of carboxylic acids is 1. The molecular formula is C16H21NO6. The van der Waals surface area contributed by atoms with Crippen LogP contribution >= 0.6 is 0 Å². The number of nitrogens with zero attached hydrogens (tertiary/aromatic N) is 1. The third kappa shape index (κ3) is 4.07. The number of esters is 1. The summed E-state index contributed by atoms with van der Waals surface area (Å²) in [6.07, 6.45) is -1.36. The van der Waals surface area contributed by atoms with Crippen LogP contribution in [0.25, 0.3) is 0 Å². The van der Waals surface area contributed by atoms with E-state index in [1.54, 1.807) is 0 Å². The number of rotatable bonds is 7. The van der Waals surface area contributed by atoms with E-state index in [1.165, 1.54) is 19.1 Å². The molecule has 2 N–H and O–H groups in total. The Morgan fingerprint density at radius 3 is 2.17 bits per heavy atom. The summed E-state index contributed by atoms with van der Waals surface area (Å²) in [4.78, 5) is 37.0. The van der Waals surface area contributed by atoms with Crippen molar-refractivity contribution in [1.29, 1.82) is 0 Å². The number of aliphatic hydroxyl groups excluding tert-OH is 1. The van der Waals surface area contributed by atoms with E-state index < -0.39 is 23.8 Å². The summed E-state index contributed by atoms with van der Waals surface area (Å²) in [5, 5.41) is 18.9. The van der Waals surface area contributed by atoms with Crippen LogP contribution in [-0.2, 0) is 4.79 Å². The van der Waals surface area contributed by atoms with Crippen molar-refractivity contribution in [2.24, 2.45) is 0 Å². The van der Waals surface area contributed by atoms with Gasteiger partial charge in [0.1, 0.15) is 11.7 Å².